The van der Waals surface area contributed by atoms with Crippen LogP contribution in [0.3, 0.4) is 0 Å². The summed E-state index contributed by atoms with van der Waals surface area (Å²) in [5.41, 5.74) is 1.49. The van der Waals surface area contributed by atoms with E-state index in [1.54, 1.807) is 41.3 Å². The molecule has 0 saturated carbocycles. The summed E-state index contributed by atoms with van der Waals surface area (Å²) in [6, 6.07) is 22.0. The minimum Gasteiger partial charge on any atom is -0.486 e. The molecule has 2 aromatic carbocycles. The topological polar surface area (TPSA) is 86.7 Å². The van der Waals surface area contributed by atoms with E-state index in [-0.39, 0.29) is 18.4 Å². The average molecular weight is 416 g/mol. The number of nitriles is 1. The summed E-state index contributed by atoms with van der Waals surface area (Å²) < 4.78 is 11.3. The van der Waals surface area contributed by atoms with Crippen LogP contribution in [0.5, 0.6) is 5.75 Å². The maximum absolute atomic E-state index is 12.8. The third-order valence-electron chi connectivity index (χ3n) is 5.65. The van der Waals surface area contributed by atoms with Gasteiger partial charge in [-0.05, 0) is 60.7 Å². The zero-order valence-corrected chi connectivity index (χ0v) is 17.1. The second-order valence-electron chi connectivity index (χ2n) is 7.68. The van der Waals surface area contributed by atoms with Crippen LogP contribution in [0, 0.1) is 17.2 Å². The molecule has 4 rings (SSSR count). The molecule has 31 heavy (non-hydrogen) atoms. The van der Waals surface area contributed by atoms with E-state index >= 15 is 0 Å². The molecule has 1 atom stereocenters. The fourth-order valence-electron chi connectivity index (χ4n) is 3.85. The van der Waals surface area contributed by atoms with Crippen molar-refractivity contribution in [3.63, 3.8) is 0 Å². The fraction of sp³-hybridized carbons (Fsp3) is 0.280. The Balaban J connectivity index is 1.29. The smallest absolute Gasteiger partial charge is 0.289 e. The van der Waals surface area contributed by atoms with Crippen LogP contribution in [0.25, 0.3) is 0 Å². The number of ether oxygens (including phenoxy) is 1. The molecule has 1 saturated heterocycles. The van der Waals surface area contributed by atoms with Crippen molar-refractivity contribution in [1.29, 1.82) is 5.26 Å². The van der Waals surface area contributed by atoms with Gasteiger partial charge in [0.15, 0.2) is 5.76 Å². The van der Waals surface area contributed by atoms with Crippen LogP contribution < -0.4 is 4.74 Å². The number of hydrogen-bond acceptors (Lipinski definition) is 5. The van der Waals surface area contributed by atoms with E-state index < -0.39 is 6.10 Å². The molecule has 6 heteroatoms. The van der Waals surface area contributed by atoms with Crippen LogP contribution in [-0.4, -0.2) is 29.0 Å². The van der Waals surface area contributed by atoms with E-state index in [2.05, 4.69) is 6.07 Å². The summed E-state index contributed by atoms with van der Waals surface area (Å²) in [7, 11) is 0. The Morgan fingerprint density at radius 3 is 2.48 bits per heavy atom. The Hall–Kier alpha value is -3.56. The van der Waals surface area contributed by atoms with Gasteiger partial charge in [0.1, 0.15) is 18.1 Å². The minimum absolute atomic E-state index is 0.138. The van der Waals surface area contributed by atoms with Crippen LogP contribution in [0.2, 0.25) is 0 Å². The largest absolute Gasteiger partial charge is 0.486 e. The van der Waals surface area contributed by atoms with E-state index in [9.17, 15) is 9.90 Å². The summed E-state index contributed by atoms with van der Waals surface area (Å²) in [5, 5.41) is 19.5. The fourth-order valence-corrected chi connectivity index (χ4v) is 3.85. The Morgan fingerprint density at radius 2 is 1.81 bits per heavy atom. The van der Waals surface area contributed by atoms with Gasteiger partial charge < -0.3 is 19.2 Å². The lowest BCUT2D eigenvalue weighted by atomic mass is 9.87. The number of likely N-dealkylation sites (tertiary alicyclic amines) is 1. The van der Waals surface area contributed by atoms with Gasteiger partial charge in [0.05, 0.1) is 17.7 Å². The number of piperidine rings is 1. The van der Waals surface area contributed by atoms with Crippen molar-refractivity contribution in [2.45, 2.75) is 25.6 Å². The molecular weight excluding hydrogens is 392 g/mol. The van der Waals surface area contributed by atoms with Gasteiger partial charge in [-0.25, -0.2) is 0 Å². The Labute approximate surface area is 181 Å². The molecule has 1 unspecified atom stereocenters. The number of carbonyl (C=O) groups excluding carboxylic acids is 1. The molecule has 1 aliphatic rings. The van der Waals surface area contributed by atoms with E-state index in [1.165, 1.54) is 0 Å². The van der Waals surface area contributed by atoms with Gasteiger partial charge in [0, 0.05) is 13.1 Å². The monoisotopic (exact) mass is 416 g/mol. The third-order valence-corrected chi connectivity index (χ3v) is 5.65. The molecule has 0 spiro atoms. The summed E-state index contributed by atoms with van der Waals surface area (Å²) in [4.78, 5) is 14.6. The normalized spacial score (nSPS) is 15.3. The molecule has 0 radical (unpaired) electrons. The highest BCUT2D eigenvalue weighted by molar-refractivity contribution is 5.91. The molecule has 1 fully saturated rings. The lowest BCUT2D eigenvalue weighted by molar-refractivity contribution is 0.0440. The van der Waals surface area contributed by atoms with Crippen molar-refractivity contribution >= 4 is 5.91 Å². The maximum Gasteiger partial charge on any atom is 0.289 e. The van der Waals surface area contributed by atoms with Crippen molar-refractivity contribution < 1.29 is 19.1 Å². The highest BCUT2D eigenvalue weighted by Gasteiger charge is 2.29. The number of amides is 1. The predicted molar refractivity (Wildman–Crippen MR) is 114 cm³/mol. The van der Waals surface area contributed by atoms with Gasteiger partial charge in [-0.1, -0.05) is 30.3 Å². The molecule has 158 valence electrons. The maximum atomic E-state index is 12.8. The minimum atomic E-state index is -0.506. The highest BCUT2D eigenvalue weighted by Crippen LogP contribution is 2.31. The van der Waals surface area contributed by atoms with Crippen LogP contribution >= 0.6 is 0 Å². The average Bonchev–Trinajstić information content (AvgIpc) is 3.32. The second kappa shape index (κ2) is 9.50. The van der Waals surface area contributed by atoms with Crippen LogP contribution in [0.1, 0.15) is 46.4 Å². The van der Waals surface area contributed by atoms with Crippen molar-refractivity contribution in [2.24, 2.45) is 5.92 Å². The Morgan fingerprint density at radius 1 is 1.10 bits per heavy atom. The lowest BCUT2D eigenvalue weighted by Crippen LogP contribution is -2.39. The van der Waals surface area contributed by atoms with E-state index in [1.807, 2.05) is 30.3 Å². The summed E-state index contributed by atoms with van der Waals surface area (Å²) in [5.74, 6) is 1.47. The molecule has 2 heterocycles. The third kappa shape index (κ3) is 4.96. The molecule has 1 aliphatic heterocycles. The van der Waals surface area contributed by atoms with Gasteiger partial charge in [-0.2, -0.15) is 5.26 Å². The van der Waals surface area contributed by atoms with E-state index in [0.29, 0.717) is 35.9 Å². The molecule has 6 nitrogen and oxygen atoms in total. The number of furan rings is 1. The van der Waals surface area contributed by atoms with Crippen LogP contribution in [0.15, 0.2) is 71.1 Å². The lowest BCUT2D eigenvalue weighted by Gasteiger charge is -2.34. The molecule has 0 aliphatic carbocycles. The zero-order chi connectivity index (χ0) is 21.6. The Kier molecular flexibility index (Phi) is 6.34. The van der Waals surface area contributed by atoms with E-state index in [4.69, 9.17) is 14.4 Å². The second-order valence-corrected chi connectivity index (χ2v) is 7.68. The van der Waals surface area contributed by atoms with Gasteiger partial charge >= 0.3 is 0 Å². The number of nitrogens with zero attached hydrogens (tertiary/aromatic N) is 2. The van der Waals surface area contributed by atoms with Crippen molar-refractivity contribution in [2.75, 3.05) is 13.1 Å². The predicted octanol–water partition coefficient (Wildman–Crippen LogP) is 4.32. The standard InChI is InChI=1S/C25H24N2O4/c26-16-18-6-8-21(9-7-18)30-17-22-10-11-23(31-22)25(29)27-14-12-20(13-15-27)24(28)19-4-2-1-3-5-19/h1-11,20,24,28H,12-15,17H2. The van der Waals surface area contributed by atoms with Crippen LogP contribution in [-0.2, 0) is 6.61 Å². The number of benzene rings is 2. The summed E-state index contributed by atoms with van der Waals surface area (Å²) in [6.07, 6.45) is 0.988. The zero-order valence-electron chi connectivity index (χ0n) is 17.1. The molecule has 3 aromatic rings. The first kappa shape index (κ1) is 20.7. The van der Waals surface area contributed by atoms with Crippen molar-refractivity contribution in [3.8, 4) is 11.8 Å². The first-order chi connectivity index (χ1) is 15.1. The number of carbonyl (C=O) groups is 1. The molecular formula is C25H24N2O4. The number of aliphatic hydroxyl groups excluding tert-OH is 1. The Bertz CT molecular complexity index is 1050. The SMILES string of the molecule is N#Cc1ccc(OCc2ccc(C(=O)N3CCC(C(O)c4ccccc4)CC3)o2)cc1. The van der Waals surface area contributed by atoms with E-state index in [0.717, 1.165) is 18.4 Å². The molecule has 1 N–H and O–H groups in total. The first-order valence-electron chi connectivity index (χ1n) is 10.4. The number of aliphatic hydroxyl groups is 1. The van der Waals surface area contributed by atoms with Gasteiger partial charge in [-0.3, -0.25) is 4.79 Å². The quantitative estimate of drug-likeness (QED) is 0.647. The number of rotatable bonds is 6. The van der Waals surface area contributed by atoms with Gasteiger partial charge in [0.25, 0.3) is 5.91 Å². The molecule has 1 aromatic heterocycles. The summed E-state index contributed by atoms with van der Waals surface area (Å²) >= 11 is 0. The van der Waals surface area contributed by atoms with Crippen molar-refractivity contribution in [3.05, 3.63) is 89.4 Å². The van der Waals surface area contributed by atoms with Gasteiger partial charge in [0.2, 0.25) is 0 Å². The molecule has 1 amide bonds. The van der Waals surface area contributed by atoms with Crippen molar-refractivity contribution in [1.82, 2.24) is 4.90 Å². The summed E-state index contributed by atoms with van der Waals surface area (Å²) in [6.45, 7) is 1.38. The number of hydrogen-bond donors (Lipinski definition) is 1. The van der Waals surface area contributed by atoms with Gasteiger partial charge in [-0.15, -0.1) is 0 Å². The highest BCUT2D eigenvalue weighted by atomic mass is 16.5. The molecule has 0 bridgehead atoms. The van der Waals surface area contributed by atoms with Crippen LogP contribution in [0.4, 0.5) is 0 Å². The first-order valence-corrected chi connectivity index (χ1v) is 10.4.